The predicted octanol–water partition coefficient (Wildman–Crippen LogP) is 1.13. The molecular weight excluding hydrogens is 376 g/mol. The predicted molar refractivity (Wildman–Crippen MR) is 96.1 cm³/mol. The SMILES string of the molecule is CC(C)NS(=O)(=O)c1ccc(NC(=O)[C@H](C)OC(=O)C2=COCCO2)cc1. The highest BCUT2D eigenvalue weighted by Gasteiger charge is 2.23. The van der Waals surface area contributed by atoms with Gasteiger partial charge in [-0.25, -0.2) is 17.9 Å². The van der Waals surface area contributed by atoms with E-state index in [2.05, 4.69) is 10.0 Å². The molecule has 1 aliphatic rings. The molecule has 9 nitrogen and oxygen atoms in total. The molecule has 2 N–H and O–H groups in total. The monoisotopic (exact) mass is 398 g/mol. The molecule has 2 rings (SSSR count). The fourth-order valence-corrected chi connectivity index (χ4v) is 3.34. The number of sulfonamides is 1. The minimum absolute atomic E-state index is 0.0788. The van der Waals surface area contributed by atoms with E-state index in [9.17, 15) is 18.0 Å². The molecule has 1 heterocycles. The molecule has 0 saturated heterocycles. The maximum Gasteiger partial charge on any atom is 0.377 e. The molecule has 0 bridgehead atoms. The van der Waals surface area contributed by atoms with Crippen molar-refractivity contribution in [3.63, 3.8) is 0 Å². The number of anilines is 1. The lowest BCUT2D eigenvalue weighted by atomic mass is 10.3. The molecule has 10 heteroatoms. The molecule has 1 amide bonds. The summed E-state index contributed by atoms with van der Waals surface area (Å²) in [6.45, 7) is 5.40. The quantitative estimate of drug-likeness (QED) is 0.661. The van der Waals surface area contributed by atoms with Crippen LogP contribution in [0.25, 0.3) is 0 Å². The first-order valence-electron chi connectivity index (χ1n) is 8.28. The van der Waals surface area contributed by atoms with E-state index in [1.165, 1.54) is 31.2 Å². The summed E-state index contributed by atoms with van der Waals surface area (Å²) in [6, 6.07) is 5.40. The summed E-state index contributed by atoms with van der Waals surface area (Å²) in [5.41, 5.74) is 0.364. The summed E-state index contributed by atoms with van der Waals surface area (Å²) in [5.74, 6) is -1.48. The van der Waals surface area contributed by atoms with Gasteiger partial charge in [0.25, 0.3) is 5.91 Å². The van der Waals surface area contributed by atoms with E-state index in [-0.39, 0.29) is 23.3 Å². The first kappa shape index (κ1) is 20.7. The molecular formula is C17H22N2O7S. The second kappa shape index (κ2) is 8.87. The maximum atomic E-state index is 12.1. The zero-order valence-corrected chi connectivity index (χ0v) is 16.0. The zero-order chi connectivity index (χ0) is 20.0. The van der Waals surface area contributed by atoms with Crippen molar-refractivity contribution in [1.29, 1.82) is 0 Å². The number of nitrogens with one attached hydrogen (secondary N) is 2. The number of hydrogen-bond donors (Lipinski definition) is 2. The molecule has 1 aromatic rings. The van der Waals surface area contributed by atoms with E-state index in [0.29, 0.717) is 12.3 Å². The van der Waals surface area contributed by atoms with Crippen molar-refractivity contribution in [1.82, 2.24) is 4.72 Å². The smallest absolute Gasteiger partial charge is 0.377 e. The summed E-state index contributed by atoms with van der Waals surface area (Å²) in [7, 11) is -3.61. The van der Waals surface area contributed by atoms with Gasteiger partial charge in [0.2, 0.25) is 15.8 Å². The third-order valence-corrected chi connectivity index (χ3v) is 5.00. The van der Waals surface area contributed by atoms with E-state index < -0.39 is 28.0 Å². The van der Waals surface area contributed by atoms with E-state index >= 15 is 0 Å². The highest BCUT2D eigenvalue weighted by atomic mass is 32.2. The van der Waals surface area contributed by atoms with Crippen LogP contribution >= 0.6 is 0 Å². The number of ether oxygens (including phenoxy) is 3. The fraction of sp³-hybridized carbons (Fsp3) is 0.412. The van der Waals surface area contributed by atoms with Crippen LogP contribution in [-0.2, 0) is 33.8 Å². The van der Waals surface area contributed by atoms with Gasteiger partial charge in [-0.3, -0.25) is 4.79 Å². The number of rotatable bonds is 7. The summed E-state index contributed by atoms with van der Waals surface area (Å²) >= 11 is 0. The summed E-state index contributed by atoms with van der Waals surface area (Å²) in [4.78, 5) is 24.1. The van der Waals surface area contributed by atoms with E-state index in [1.54, 1.807) is 13.8 Å². The van der Waals surface area contributed by atoms with Crippen LogP contribution in [0.3, 0.4) is 0 Å². The minimum Gasteiger partial charge on any atom is -0.493 e. The molecule has 0 aromatic heterocycles. The number of amides is 1. The Hall–Kier alpha value is -2.59. The maximum absolute atomic E-state index is 12.1. The van der Waals surface area contributed by atoms with Gasteiger partial charge in [-0.05, 0) is 45.0 Å². The molecule has 0 saturated carbocycles. The number of carbonyl (C=O) groups is 2. The Balaban J connectivity index is 1.95. The zero-order valence-electron chi connectivity index (χ0n) is 15.2. The van der Waals surface area contributed by atoms with Crippen molar-refractivity contribution in [2.24, 2.45) is 0 Å². The first-order chi connectivity index (χ1) is 12.7. The van der Waals surface area contributed by atoms with Crippen molar-refractivity contribution in [2.45, 2.75) is 37.8 Å². The standard InChI is InChI=1S/C17H22N2O7S/c1-11(2)19-27(22,23)14-6-4-13(5-7-14)18-16(20)12(3)26-17(21)15-10-24-8-9-25-15/h4-7,10-12,19H,8-9H2,1-3H3,(H,18,20)/t12-/m0/s1. The fourth-order valence-electron chi connectivity index (χ4n) is 2.09. The van der Waals surface area contributed by atoms with Crippen LogP contribution in [0.5, 0.6) is 0 Å². The average molecular weight is 398 g/mol. The van der Waals surface area contributed by atoms with Gasteiger partial charge in [-0.1, -0.05) is 0 Å². The molecule has 0 unspecified atom stereocenters. The highest BCUT2D eigenvalue weighted by molar-refractivity contribution is 7.89. The Kier molecular flexibility index (Phi) is 6.81. The van der Waals surface area contributed by atoms with Crippen LogP contribution < -0.4 is 10.0 Å². The van der Waals surface area contributed by atoms with Crippen molar-refractivity contribution in [2.75, 3.05) is 18.5 Å². The van der Waals surface area contributed by atoms with Crippen LogP contribution in [0.1, 0.15) is 20.8 Å². The van der Waals surface area contributed by atoms with Gasteiger partial charge in [0.05, 0.1) is 4.90 Å². The van der Waals surface area contributed by atoms with Crippen molar-refractivity contribution in [3.8, 4) is 0 Å². The Morgan fingerprint density at radius 1 is 1.11 bits per heavy atom. The third-order valence-electron chi connectivity index (χ3n) is 3.33. The van der Waals surface area contributed by atoms with Crippen LogP contribution in [0.15, 0.2) is 41.2 Å². The normalized spacial score (nSPS) is 15.2. The number of benzene rings is 1. The van der Waals surface area contributed by atoms with Gasteiger partial charge in [0.1, 0.15) is 19.5 Å². The molecule has 0 radical (unpaired) electrons. The second-order valence-corrected chi connectivity index (χ2v) is 7.75. The molecule has 1 aromatic carbocycles. The lowest BCUT2D eigenvalue weighted by Crippen LogP contribution is -2.31. The van der Waals surface area contributed by atoms with Crippen LogP contribution in [0, 0.1) is 0 Å². The van der Waals surface area contributed by atoms with Gasteiger partial charge in [-0.2, -0.15) is 0 Å². The van der Waals surface area contributed by atoms with Crippen LogP contribution in [-0.4, -0.2) is 45.7 Å². The largest absolute Gasteiger partial charge is 0.493 e. The number of esters is 1. The van der Waals surface area contributed by atoms with Crippen LogP contribution in [0.4, 0.5) is 5.69 Å². The lowest BCUT2D eigenvalue weighted by molar-refractivity contribution is -0.153. The van der Waals surface area contributed by atoms with E-state index in [4.69, 9.17) is 14.2 Å². The molecule has 1 aliphatic heterocycles. The number of carbonyl (C=O) groups excluding carboxylic acids is 2. The molecule has 0 fully saturated rings. The Labute approximate surface area is 157 Å². The molecule has 0 spiro atoms. The van der Waals surface area contributed by atoms with Crippen LogP contribution in [0.2, 0.25) is 0 Å². The molecule has 27 heavy (non-hydrogen) atoms. The van der Waals surface area contributed by atoms with Crippen molar-refractivity contribution < 1.29 is 32.2 Å². The van der Waals surface area contributed by atoms with Gasteiger partial charge >= 0.3 is 5.97 Å². The number of hydrogen-bond acceptors (Lipinski definition) is 7. The summed E-state index contributed by atoms with van der Waals surface area (Å²) < 4.78 is 41.7. The molecule has 148 valence electrons. The van der Waals surface area contributed by atoms with Gasteiger partial charge in [0, 0.05) is 11.7 Å². The Morgan fingerprint density at radius 3 is 2.33 bits per heavy atom. The minimum atomic E-state index is -3.61. The lowest BCUT2D eigenvalue weighted by Gasteiger charge is -2.17. The van der Waals surface area contributed by atoms with E-state index in [1.807, 2.05) is 0 Å². The van der Waals surface area contributed by atoms with Gasteiger partial charge in [-0.15, -0.1) is 0 Å². The summed E-state index contributed by atoms with van der Waals surface area (Å²) in [5, 5.41) is 2.55. The van der Waals surface area contributed by atoms with Crippen molar-refractivity contribution >= 4 is 27.6 Å². The second-order valence-electron chi connectivity index (χ2n) is 6.04. The third kappa shape index (κ3) is 5.97. The van der Waals surface area contributed by atoms with Crippen molar-refractivity contribution in [3.05, 3.63) is 36.3 Å². The van der Waals surface area contributed by atoms with Gasteiger partial charge < -0.3 is 19.5 Å². The molecule has 1 atom stereocenters. The molecule has 0 aliphatic carbocycles. The summed E-state index contributed by atoms with van der Waals surface area (Å²) in [6.07, 6.45) is 0.0517. The Bertz CT molecular complexity index is 816. The van der Waals surface area contributed by atoms with Gasteiger partial charge in [0.15, 0.2) is 6.10 Å². The van der Waals surface area contributed by atoms with E-state index in [0.717, 1.165) is 6.26 Å². The Morgan fingerprint density at radius 2 is 1.78 bits per heavy atom. The highest BCUT2D eigenvalue weighted by Crippen LogP contribution is 2.15. The average Bonchev–Trinajstić information content (AvgIpc) is 2.61. The topological polar surface area (TPSA) is 120 Å². The first-order valence-corrected chi connectivity index (χ1v) is 9.76.